The van der Waals surface area contributed by atoms with Gasteiger partial charge in [-0.05, 0) is 50.1 Å². The Hall–Kier alpha value is -3.81. The summed E-state index contributed by atoms with van der Waals surface area (Å²) in [7, 11) is -6.41. The SMILES string of the molecule is Cc1cnc2c3c(nc(-c4cc(OS(=O)(=O)C(F)(F)F)cc(F)c4SC(F)(F)F)c(F)c13)OC(C)C1C3CCC(CN21)N3C(=O)O. The fraction of sp³-hybridized carbons (Fsp3) is 0.423. The number of pyridine rings is 2. The number of ether oxygens (including phenoxy) is 1. The number of alkyl halides is 6. The predicted molar refractivity (Wildman–Crippen MR) is 145 cm³/mol. The number of hydrogen-bond acceptors (Lipinski definition) is 9. The van der Waals surface area contributed by atoms with Gasteiger partial charge in [0.05, 0.1) is 28.4 Å². The first-order valence-electron chi connectivity index (χ1n) is 13.3. The maximum atomic E-state index is 16.5. The van der Waals surface area contributed by atoms with Gasteiger partial charge >= 0.3 is 27.2 Å². The van der Waals surface area contributed by atoms with Crippen molar-refractivity contribution in [1.82, 2.24) is 14.9 Å². The molecule has 20 heteroatoms. The van der Waals surface area contributed by atoms with Crippen molar-refractivity contribution < 1.29 is 62.4 Å². The van der Waals surface area contributed by atoms with Crippen molar-refractivity contribution in [3.8, 4) is 22.9 Å². The fourth-order valence-electron chi connectivity index (χ4n) is 6.39. The topological polar surface area (TPSA) is 122 Å². The third kappa shape index (κ3) is 5.18. The number of carboxylic acid groups (broad SMARTS) is 1. The number of fused-ring (bicyclic) bond motifs is 5. The van der Waals surface area contributed by atoms with Gasteiger partial charge in [0.15, 0.2) is 5.82 Å². The highest BCUT2D eigenvalue weighted by Gasteiger charge is 2.53. The molecule has 6 rings (SSSR count). The number of piperazine rings is 1. The summed E-state index contributed by atoms with van der Waals surface area (Å²) in [6, 6.07) is -1.37. The summed E-state index contributed by atoms with van der Waals surface area (Å²) in [4.78, 5) is 22.4. The summed E-state index contributed by atoms with van der Waals surface area (Å²) in [5.41, 5.74) is -13.1. The van der Waals surface area contributed by atoms with Crippen LogP contribution in [0.2, 0.25) is 0 Å². The van der Waals surface area contributed by atoms with Gasteiger partial charge in [0.1, 0.15) is 29.2 Å². The summed E-state index contributed by atoms with van der Waals surface area (Å²) >= 11 is -1.07. The number of amides is 1. The van der Waals surface area contributed by atoms with Gasteiger partial charge in [-0.2, -0.15) is 34.8 Å². The van der Waals surface area contributed by atoms with Crippen molar-refractivity contribution in [2.45, 2.75) is 66.8 Å². The van der Waals surface area contributed by atoms with Crippen LogP contribution in [0.4, 0.5) is 45.7 Å². The summed E-state index contributed by atoms with van der Waals surface area (Å²) in [5, 5.41) is 9.57. The van der Waals surface area contributed by atoms with Crippen LogP contribution in [-0.4, -0.2) is 76.3 Å². The van der Waals surface area contributed by atoms with Crippen molar-refractivity contribution >= 4 is 44.6 Å². The van der Waals surface area contributed by atoms with Crippen molar-refractivity contribution in [2.24, 2.45) is 0 Å². The average molecular weight is 701 g/mol. The Balaban J connectivity index is 1.58. The molecule has 3 aliphatic heterocycles. The molecule has 5 heterocycles. The Labute approximate surface area is 258 Å². The zero-order chi connectivity index (χ0) is 33.7. The highest BCUT2D eigenvalue weighted by Crippen LogP contribution is 2.50. The summed E-state index contributed by atoms with van der Waals surface area (Å²) in [6.07, 6.45) is 0.240. The lowest BCUT2D eigenvalue weighted by atomic mass is 9.97. The monoisotopic (exact) mass is 700 g/mol. The normalized spacial score (nSPS) is 22.8. The minimum atomic E-state index is -6.41. The number of carbonyl (C=O) groups is 1. The van der Waals surface area contributed by atoms with E-state index in [2.05, 4.69) is 14.2 Å². The molecule has 46 heavy (non-hydrogen) atoms. The first-order valence-corrected chi connectivity index (χ1v) is 15.5. The minimum Gasteiger partial charge on any atom is -0.472 e. The number of nitrogens with zero attached hydrogens (tertiary/aromatic N) is 4. The number of aryl methyl sites for hydroxylation is 1. The van der Waals surface area contributed by atoms with Crippen molar-refractivity contribution in [1.29, 1.82) is 0 Å². The van der Waals surface area contributed by atoms with E-state index in [1.807, 2.05) is 0 Å². The number of rotatable bonds is 4. The molecule has 2 aromatic heterocycles. The van der Waals surface area contributed by atoms with Gasteiger partial charge in [-0.25, -0.2) is 23.5 Å². The molecule has 3 aromatic rings. The first-order chi connectivity index (χ1) is 21.3. The number of benzene rings is 1. The largest absolute Gasteiger partial charge is 0.534 e. The number of hydrogen-bond donors (Lipinski definition) is 1. The van der Waals surface area contributed by atoms with E-state index >= 15 is 8.78 Å². The molecule has 248 valence electrons. The summed E-state index contributed by atoms with van der Waals surface area (Å²) in [5.74, 6) is -4.83. The smallest absolute Gasteiger partial charge is 0.472 e. The van der Waals surface area contributed by atoms with Crippen LogP contribution >= 0.6 is 11.8 Å². The van der Waals surface area contributed by atoms with E-state index in [4.69, 9.17) is 4.74 Å². The zero-order valence-corrected chi connectivity index (χ0v) is 24.9. The van der Waals surface area contributed by atoms with Crippen LogP contribution in [0.3, 0.4) is 0 Å². The Morgan fingerprint density at radius 3 is 2.46 bits per heavy atom. The van der Waals surface area contributed by atoms with Gasteiger partial charge < -0.3 is 18.9 Å². The van der Waals surface area contributed by atoms with E-state index in [0.717, 1.165) is 0 Å². The lowest BCUT2D eigenvalue weighted by molar-refractivity contribution is -0.0500. The molecule has 2 fully saturated rings. The molecule has 1 amide bonds. The van der Waals surface area contributed by atoms with Crippen LogP contribution in [-0.2, 0) is 10.1 Å². The molecule has 2 saturated heterocycles. The second-order valence-electron chi connectivity index (χ2n) is 10.9. The van der Waals surface area contributed by atoms with Crippen LogP contribution in [0.5, 0.6) is 11.6 Å². The third-order valence-electron chi connectivity index (χ3n) is 8.06. The average Bonchev–Trinajstić information content (AvgIpc) is 3.17. The Morgan fingerprint density at radius 2 is 1.83 bits per heavy atom. The third-order valence-corrected chi connectivity index (χ3v) is 9.89. The molecule has 1 N–H and O–H groups in total. The van der Waals surface area contributed by atoms with Crippen LogP contribution in [0.25, 0.3) is 22.0 Å². The fourth-order valence-corrected chi connectivity index (χ4v) is 7.49. The van der Waals surface area contributed by atoms with E-state index in [-0.39, 0.29) is 40.6 Å². The van der Waals surface area contributed by atoms with Crippen molar-refractivity contribution in [3.05, 3.63) is 35.5 Å². The van der Waals surface area contributed by atoms with Gasteiger partial charge in [-0.3, -0.25) is 4.90 Å². The maximum Gasteiger partial charge on any atom is 0.534 e. The Kier molecular flexibility index (Phi) is 7.41. The number of aromatic nitrogens is 2. The lowest BCUT2D eigenvalue weighted by Crippen LogP contribution is -2.64. The molecule has 1 aromatic carbocycles. The van der Waals surface area contributed by atoms with Crippen molar-refractivity contribution in [2.75, 3.05) is 11.4 Å². The highest BCUT2D eigenvalue weighted by atomic mass is 32.2. The van der Waals surface area contributed by atoms with Gasteiger partial charge in [0.25, 0.3) is 0 Å². The molecule has 0 spiro atoms. The lowest BCUT2D eigenvalue weighted by Gasteiger charge is -2.47. The molecular formula is C26H20F8N4O6S2. The van der Waals surface area contributed by atoms with Crippen LogP contribution in [0.15, 0.2) is 23.2 Å². The van der Waals surface area contributed by atoms with E-state index in [9.17, 15) is 44.7 Å². The number of anilines is 1. The maximum absolute atomic E-state index is 16.5. The number of halogens is 8. The molecule has 4 unspecified atom stereocenters. The molecular weight excluding hydrogens is 680 g/mol. The molecule has 0 aliphatic carbocycles. The van der Waals surface area contributed by atoms with Crippen LogP contribution in [0.1, 0.15) is 25.3 Å². The van der Waals surface area contributed by atoms with Gasteiger partial charge in [-0.15, -0.1) is 0 Å². The van der Waals surface area contributed by atoms with E-state index in [1.165, 1.54) is 18.0 Å². The van der Waals surface area contributed by atoms with E-state index in [1.54, 1.807) is 11.8 Å². The van der Waals surface area contributed by atoms with Crippen LogP contribution in [0, 0.1) is 18.6 Å². The zero-order valence-electron chi connectivity index (χ0n) is 23.3. The summed E-state index contributed by atoms with van der Waals surface area (Å²) < 4.78 is 145. The molecule has 0 saturated carbocycles. The van der Waals surface area contributed by atoms with E-state index < -0.39 is 96.8 Å². The Bertz CT molecular complexity index is 1890. The minimum absolute atomic E-state index is 0.0120. The number of thioether (sulfide) groups is 1. The quantitative estimate of drug-likeness (QED) is 0.146. The molecule has 4 atom stereocenters. The second-order valence-corrected chi connectivity index (χ2v) is 13.5. The molecule has 0 radical (unpaired) electrons. The molecule has 10 nitrogen and oxygen atoms in total. The van der Waals surface area contributed by atoms with Crippen molar-refractivity contribution in [3.63, 3.8) is 0 Å². The van der Waals surface area contributed by atoms with Gasteiger partial charge in [0, 0.05) is 29.8 Å². The Morgan fingerprint density at radius 1 is 1.13 bits per heavy atom. The predicted octanol–water partition coefficient (Wildman–Crippen LogP) is 6.20. The van der Waals surface area contributed by atoms with Crippen LogP contribution < -0.4 is 13.8 Å². The second kappa shape index (κ2) is 10.6. The van der Waals surface area contributed by atoms with Gasteiger partial charge in [0.2, 0.25) is 5.88 Å². The molecule has 2 bridgehead atoms. The van der Waals surface area contributed by atoms with Gasteiger partial charge in [-0.1, -0.05) is 0 Å². The standard InChI is InChI=1S/C26H20F8N4O6S2/c1-9-7-35-22-17-16(9)18(28)19(36-23(17)43-10(2)20-15-4-3-11(8-37(20)22)38(15)24(39)40)13-5-12(44-46(41,42)26(32,33)34)6-14(27)21(13)45-25(29,30)31/h5-7,10-11,15,20H,3-4,8H2,1-2H3,(H,39,40). The van der Waals surface area contributed by atoms with E-state index in [0.29, 0.717) is 18.9 Å². The highest BCUT2D eigenvalue weighted by molar-refractivity contribution is 8.00. The molecule has 3 aliphatic rings. The summed E-state index contributed by atoms with van der Waals surface area (Å²) in [6.45, 7) is 3.13. The first kappa shape index (κ1) is 32.1.